The highest BCUT2D eigenvalue weighted by molar-refractivity contribution is 5.81. The highest BCUT2D eigenvalue weighted by Gasteiger charge is 2.46. The van der Waals surface area contributed by atoms with Gasteiger partial charge in [0.2, 0.25) is 0 Å². The first kappa shape index (κ1) is 19.4. The van der Waals surface area contributed by atoms with Gasteiger partial charge in [0, 0.05) is 0 Å². The molecular weight excluding hydrogens is 378 g/mol. The number of nitrogens with zero attached hydrogens (tertiary/aromatic N) is 4. The summed E-state index contributed by atoms with van der Waals surface area (Å²) in [5.74, 6) is 0.167. The van der Waals surface area contributed by atoms with E-state index in [9.17, 15) is 25.5 Å². The third kappa shape index (κ3) is 3.21. The van der Waals surface area contributed by atoms with E-state index in [1.54, 1.807) is 0 Å². The zero-order chi connectivity index (χ0) is 20.0. The summed E-state index contributed by atoms with van der Waals surface area (Å²) in [5, 5.41) is 49.7. The van der Waals surface area contributed by atoms with Crippen LogP contribution in [0.5, 0.6) is 0 Å². The third-order valence-electron chi connectivity index (χ3n) is 4.88. The van der Waals surface area contributed by atoms with Crippen LogP contribution in [0.3, 0.4) is 0 Å². The van der Waals surface area contributed by atoms with Crippen LogP contribution in [-0.4, -0.2) is 101 Å². The monoisotopic (exact) mass is 399 g/mol. The number of aliphatic hydroxyl groups excluding tert-OH is 5. The fraction of sp³-hybridized carbons (Fsp3) is 0.667. The SMILES string of the molecule is Nc1ncnc2c1ncn2[C@@H]1O[C@H](COC2OC[C@H](O)[C@H](O)[C@@H]2O)[C@@H](O)[C@H]1O. The van der Waals surface area contributed by atoms with Gasteiger partial charge in [-0.25, -0.2) is 15.0 Å². The fourth-order valence-corrected chi connectivity index (χ4v) is 3.27. The Kier molecular flexibility index (Phi) is 5.15. The zero-order valence-corrected chi connectivity index (χ0v) is 14.5. The summed E-state index contributed by atoms with van der Waals surface area (Å²) in [6.45, 7) is -0.465. The van der Waals surface area contributed by atoms with Crippen molar-refractivity contribution in [3.05, 3.63) is 12.7 Å². The predicted octanol–water partition coefficient (Wildman–Crippen LogP) is -3.52. The van der Waals surface area contributed by atoms with Crippen LogP contribution in [0.4, 0.5) is 5.82 Å². The summed E-state index contributed by atoms with van der Waals surface area (Å²) < 4.78 is 17.6. The number of fused-ring (bicyclic) bond motifs is 1. The summed E-state index contributed by atoms with van der Waals surface area (Å²) in [4.78, 5) is 12.0. The van der Waals surface area contributed by atoms with E-state index in [2.05, 4.69) is 15.0 Å². The molecule has 28 heavy (non-hydrogen) atoms. The lowest BCUT2D eigenvalue weighted by Crippen LogP contribution is -2.54. The highest BCUT2D eigenvalue weighted by Crippen LogP contribution is 2.32. The molecule has 154 valence electrons. The number of rotatable bonds is 4. The van der Waals surface area contributed by atoms with Crippen molar-refractivity contribution in [2.75, 3.05) is 18.9 Å². The molecule has 2 saturated heterocycles. The molecule has 0 radical (unpaired) electrons. The summed E-state index contributed by atoms with van der Waals surface area (Å²) in [6, 6.07) is 0. The Morgan fingerprint density at radius 2 is 1.86 bits per heavy atom. The van der Waals surface area contributed by atoms with Crippen LogP contribution in [0.1, 0.15) is 6.23 Å². The first-order chi connectivity index (χ1) is 13.4. The van der Waals surface area contributed by atoms with Gasteiger partial charge in [-0.2, -0.15) is 0 Å². The number of nitrogens with two attached hydrogens (primary N) is 1. The van der Waals surface area contributed by atoms with E-state index >= 15 is 0 Å². The second kappa shape index (κ2) is 7.46. The van der Waals surface area contributed by atoms with Crippen molar-refractivity contribution in [2.24, 2.45) is 0 Å². The predicted molar refractivity (Wildman–Crippen MR) is 89.4 cm³/mol. The molecule has 0 spiro atoms. The van der Waals surface area contributed by atoms with Gasteiger partial charge < -0.3 is 45.5 Å². The molecule has 2 aliphatic heterocycles. The summed E-state index contributed by atoms with van der Waals surface area (Å²) >= 11 is 0. The normalized spacial score (nSPS) is 38.9. The van der Waals surface area contributed by atoms with Crippen LogP contribution in [0.15, 0.2) is 12.7 Å². The van der Waals surface area contributed by atoms with Crippen LogP contribution < -0.4 is 5.73 Å². The van der Waals surface area contributed by atoms with Crippen LogP contribution >= 0.6 is 0 Å². The number of ether oxygens (including phenoxy) is 3. The van der Waals surface area contributed by atoms with Crippen molar-refractivity contribution >= 4 is 17.0 Å². The molecule has 13 heteroatoms. The lowest BCUT2D eigenvalue weighted by molar-refractivity contribution is -0.276. The van der Waals surface area contributed by atoms with Crippen LogP contribution in [0.2, 0.25) is 0 Å². The maximum absolute atomic E-state index is 10.4. The number of hydrogen-bond donors (Lipinski definition) is 6. The van der Waals surface area contributed by atoms with E-state index in [1.165, 1.54) is 17.2 Å². The summed E-state index contributed by atoms with van der Waals surface area (Å²) in [7, 11) is 0. The fourth-order valence-electron chi connectivity index (χ4n) is 3.27. The van der Waals surface area contributed by atoms with Crippen LogP contribution in [0.25, 0.3) is 11.2 Å². The lowest BCUT2D eigenvalue weighted by atomic mass is 10.1. The number of nitrogen functional groups attached to an aromatic ring is 1. The van der Waals surface area contributed by atoms with Gasteiger partial charge in [0.25, 0.3) is 0 Å². The third-order valence-corrected chi connectivity index (χ3v) is 4.88. The van der Waals surface area contributed by atoms with Gasteiger partial charge in [0.05, 0.1) is 19.5 Å². The van der Waals surface area contributed by atoms with Crippen molar-refractivity contribution in [1.29, 1.82) is 0 Å². The Hall–Kier alpha value is -1.97. The van der Waals surface area contributed by atoms with Gasteiger partial charge in [-0.15, -0.1) is 0 Å². The van der Waals surface area contributed by atoms with Gasteiger partial charge in [-0.05, 0) is 0 Å². The van der Waals surface area contributed by atoms with E-state index in [-0.39, 0.29) is 19.0 Å². The molecule has 2 aromatic rings. The summed E-state index contributed by atoms with van der Waals surface area (Å²) in [5.41, 5.74) is 6.41. The minimum absolute atomic E-state index is 0.167. The highest BCUT2D eigenvalue weighted by atomic mass is 16.7. The number of imidazole rings is 1. The molecule has 4 rings (SSSR count). The number of anilines is 1. The van der Waals surface area contributed by atoms with Crippen molar-refractivity contribution in [1.82, 2.24) is 19.5 Å². The van der Waals surface area contributed by atoms with E-state index in [0.717, 1.165) is 0 Å². The molecular formula is C15H21N5O8. The molecule has 8 atom stereocenters. The molecule has 13 nitrogen and oxygen atoms in total. The first-order valence-electron chi connectivity index (χ1n) is 8.60. The van der Waals surface area contributed by atoms with Gasteiger partial charge in [0.15, 0.2) is 24.0 Å². The second-order valence-corrected chi connectivity index (χ2v) is 6.71. The Labute approximate surface area is 157 Å². The van der Waals surface area contributed by atoms with Gasteiger partial charge in [-0.3, -0.25) is 4.57 Å². The van der Waals surface area contributed by atoms with E-state index < -0.39 is 49.1 Å². The topological polar surface area (TPSA) is 198 Å². The van der Waals surface area contributed by atoms with Crippen molar-refractivity contribution in [3.8, 4) is 0 Å². The Morgan fingerprint density at radius 3 is 2.64 bits per heavy atom. The molecule has 0 amide bonds. The molecule has 0 saturated carbocycles. The van der Waals surface area contributed by atoms with E-state index in [1.807, 2.05) is 0 Å². The van der Waals surface area contributed by atoms with Crippen molar-refractivity contribution < 1.29 is 39.7 Å². The van der Waals surface area contributed by atoms with Gasteiger partial charge >= 0.3 is 0 Å². The standard InChI is InChI=1S/C15H21N5O8/c16-12-7-13(18-3-17-12)20(4-19-7)14-10(24)9(23)6(28-14)2-27-15-11(25)8(22)5(21)1-26-15/h3-6,8-11,14-15,21-25H,1-2H2,(H2,16,17,18)/t5-,6+,8-,9+,10+,11-,14+,15?/m0/s1. The Bertz CT molecular complexity index is 836. The Morgan fingerprint density at radius 1 is 1.07 bits per heavy atom. The molecule has 7 N–H and O–H groups in total. The maximum atomic E-state index is 10.4. The average Bonchev–Trinajstić information content (AvgIpc) is 3.22. The van der Waals surface area contributed by atoms with Gasteiger partial charge in [0.1, 0.15) is 48.5 Å². The molecule has 2 aromatic heterocycles. The Balaban J connectivity index is 1.45. The van der Waals surface area contributed by atoms with E-state index in [0.29, 0.717) is 11.2 Å². The number of hydrogen-bond acceptors (Lipinski definition) is 12. The molecule has 2 fully saturated rings. The van der Waals surface area contributed by atoms with Crippen molar-refractivity contribution in [2.45, 2.75) is 49.1 Å². The lowest BCUT2D eigenvalue weighted by Gasteiger charge is -2.35. The smallest absolute Gasteiger partial charge is 0.186 e. The number of aromatic nitrogens is 4. The summed E-state index contributed by atoms with van der Waals surface area (Å²) in [6.07, 6.45) is -7.31. The first-order valence-corrected chi connectivity index (χ1v) is 8.60. The quantitative estimate of drug-likeness (QED) is 0.297. The minimum atomic E-state index is -1.47. The number of aliphatic hydroxyl groups is 5. The van der Waals surface area contributed by atoms with Crippen molar-refractivity contribution in [3.63, 3.8) is 0 Å². The average molecular weight is 399 g/mol. The van der Waals surface area contributed by atoms with Crippen LogP contribution in [0, 0.1) is 0 Å². The largest absolute Gasteiger partial charge is 0.388 e. The molecule has 2 aliphatic rings. The zero-order valence-electron chi connectivity index (χ0n) is 14.5. The van der Waals surface area contributed by atoms with Crippen LogP contribution in [-0.2, 0) is 14.2 Å². The minimum Gasteiger partial charge on any atom is -0.388 e. The molecule has 1 unspecified atom stereocenters. The molecule has 0 aromatic carbocycles. The second-order valence-electron chi connectivity index (χ2n) is 6.71. The van der Waals surface area contributed by atoms with E-state index in [4.69, 9.17) is 19.9 Å². The molecule has 0 bridgehead atoms. The molecule has 4 heterocycles. The molecule has 0 aliphatic carbocycles. The maximum Gasteiger partial charge on any atom is 0.186 e. The van der Waals surface area contributed by atoms with Gasteiger partial charge in [-0.1, -0.05) is 0 Å².